The van der Waals surface area contributed by atoms with Crippen LogP contribution in [0.15, 0.2) is 12.2 Å². The average molecular weight is 1350 g/mol. The monoisotopic (exact) mass is 1350 g/mol. The normalized spacial score (nSPS) is 27.1. The first kappa shape index (κ1) is 86.2. The van der Waals surface area contributed by atoms with Gasteiger partial charge < -0.3 is 80.7 Å². The molecule has 0 bridgehead atoms. The molecule has 11 amide bonds. The fraction of sp³-hybridized carbons (Fsp3) is 0.791. The van der Waals surface area contributed by atoms with Crippen LogP contribution >= 0.6 is 0 Å². The highest BCUT2D eigenvalue weighted by molar-refractivity contribution is 6.01. The molecule has 544 valence electrons. The largest absolute Gasteiger partial charge is 0.427 e. The lowest BCUT2D eigenvalue weighted by atomic mass is 9.72. The van der Waals surface area contributed by atoms with Crippen molar-refractivity contribution in [3.8, 4) is 0 Å². The molecule has 0 aromatic carbocycles. The van der Waals surface area contributed by atoms with Crippen LogP contribution in [0.5, 0.6) is 0 Å². The maximum Gasteiger partial charge on any atom is 0.305 e. The number of esters is 1. The van der Waals surface area contributed by atoms with Gasteiger partial charge in [0.15, 0.2) is 5.54 Å². The molecule has 28 nitrogen and oxygen atoms in total. The van der Waals surface area contributed by atoms with Crippen LogP contribution in [0.4, 0.5) is 0 Å². The molecule has 0 radical (unpaired) electrons. The fourth-order valence-corrected chi connectivity index (χ4v) is 12.2. The molecule has 0 aliphatic carbocycles. The summed E-state index contributed by atoms with van der Waals surface area (Å²) in [6.45, 7) is 26.6. The van der Waals surface area contributed by atoms with E-state index >= 15 is 19.2 Å². The summed E-state index contributed by atoms with van der Waals surface area (Å²) in [6, 6.07) is -12.9. The Balaban J connectivity index is 4.78. The van der Waals surface area contributed by atoms with E-state index in [0.717, 1.165) is 40.6 Å². The van der Waals surface area contributed by atoms with Crippen LogP contribution in [0.3, 0.4) is 0 Å². The second-order valence-electron chi connectivity index (χ2n) is 28.2. The van der Waals surface area contributed by atoms with Crippen molar-refractivity contribution in [3.05, 3.63) is 12.2 Å². The molecule has 1 fully saturated rings. The van der Waals surface area contributed by atoms with E-state index in [9.17, 15) is 58.8 Å². The van der Waals surface area contributed by atoms with E-state index in [1.54, 1.807) is 67.5 Å². The van der Waals surface area contributed by atoms with E-state index in [2.05, 4.69) is 21.3 Å². The zero-order valence-electron chi connectivity index (χ0n) is 61.4. The van der Waals surface area contributed by atoms with E-state index in [1.165, 1.54) is 74.8 Å². The Morgan fingerprint density at radius 2 is 1.03 bits per heavy atom. The number of allylic oxidation sites excluding steroid dienone is 2. The van der Waals surface area contributed by atoms with Gasteiger partial charge in [0.05, 0.1) is 19.3 Å². The molecule has 1 heterocycles. The molecule has 0 spiro atoms. The number of likely N-dealkylation sites (N-methyl/N-ethyl adjacent to an activating group) is 7. The van der Waals surface area contributed by atoms with Gasteiger partial charge in [-0.3, -0.25) is 57.5 Å². The van der Waals surface area contributed by atoms with Crippen molar-refractivity contribution in [2.24, 2.45) is 41.4 Å². The van der Waals surface area contributed by atoms with E-state index in [0.29, 0.717) is 9.80 Å². The van der Waals surface area contributed by atoms with Crippen molar-refractivity contribution in [1.82, 2.24) is 55.6 Å². The summed E-state index contributed by atoms with van der Waals surface area (Å²) in [5.41, 5.74) is -3.13. The fourth-order valence-electron chi connectivity index (χ4n) is 12.2. The minimum absolute atomic E-state index is 0.0113. The number of aliphatic hydroxyl groups is 4. The summed E-state index contributed by atoms with van der Waals surface area (Å²) in [7, 11) is 8.72. The first-order valence-electron chi connectivity index (χ1n) is 33.3. The van der Waals surface area contributed by atoms with Crippen molar-refractivity contribution >= 4 is 70.9 Å². The first-order chi connectivity index (χ1) is 43.7. The molecule has 1 aliphatic heterocycles. The van der Waals surface area contributed by atoms with Gasteiger partial charge in [-0.15, -0.1) is 0 Å². The molecule has 1 aliphatic rings. The molecule has 0 aromatic rings. The van der Waals surface area contributed by atoms with E-state index in [-0.39, 0.29) is 56.3 Å². The van der Waals surface area contributed by atoms with E-state index in [4.69, 9.17) is 4.74 Å². The van der Waals surface area contributed by atoms with Crippen LogP contribution in [-0.4, -0.2) is 266 Å². The predicted octanol–water partition coefficient (Wildman–Crippen LogP) is 1.24. The summed E-state index contributed by atoms with van der Waals surface area (Å²) in [6.07, 6.45) is -1.14. The van der Waals surface area contributed by atoms with Crippen LogP contribution in [0, 0.1) is 41.4 Å². The van der Waals surface area contributed by atoms with Crippen molar-refractivity contribution < 1.29 is 82.7 Å². The van der Waals surface area contributed by atoms with Crippen molar-refractivity contribution in [2.45, 2.75) is 241 Å². The highest BCUT2D eigenvalue weighted by Crippen LogP contribution is 2.43. The van der Waals surface area contributed by atoms with Crippen molar-refractivity contribution in [2.75, 3.05) is 62.5 Å². The van der Waals surface area contributed by atoms with Crippen LogP contribution in [0.2, 0.25) is 0 Å². The van der Waals surface area contributed by atoms with Crippen LogP contribution in [0.25, 0.3) is 0 Å². The minimum atomic E-state index is -3.63. The zero-order chi connectivity index (χ0) is 74.0. The summed E-state index contributed by atoms with van der Waals surface area (Å²) < 4.78 is 5.55. The minimum Gasteiger partial charge on any atom is -0.427 e. The Hall–Kier alpha value is -6.78. The Kier molecular flexibility index (Phi) is 34.2. The Labute approximate surface area is 564 Å². The van der Waals surface area contributed by atoms with Gasteiger partial charge >= 0.3 is 5.97 Å². The number of hydrogen-bond donors (Lipinski definition) is 8. The number of aliphatic hydroxyl groups excluding tert-OH is 3. The number of nitrogens with zero attached hydrogens (tertiary/aromatic N) is 7. The molecule has 1 saturated heterocycles. The van der Waals surface area contributed by atoms with Gasteiger partial charge in [0.25, 0.3) is 11.7 Å². The SMILES string of the molecule is C/C=C/C[C@@H](C)[C@@H](O)[C@H]1C(=O)N[C@@H](CC)C(=O)N(C)CC(=O)N(C)[C@@H](CC(C)C)C(=O)N[C@@H](C(C)C)C(=O)N(C)[C@@H](CC(C)C)C(=O)N[C@@H](C)C(=O)N[C@H](C)C(=O)N(C)[C@@H](CC(C)C)C(=O)N(C)[C@@H](CC(C)C)C(=O)N(C)[C@@](C(C)C)(C(O)(OC(C)=O)C(O)CO)C(=O)N1C. The Bertz CT molecular complexity index is 2690. The third-order valence-electron chi connectivity index (χ3n) is 17.9. The maximum absolute atomic E-state index is 16.4. The third-order valence-corrected chi connectivity index (χ3v) is 17.9. The number of nitrogens with one attached hydrogen (secondary N) is 4. The summed E-state index contributed by atoms with van der Waals surface area (Å²) in [5.74, 6) is -18.9. The number of ether oxygens (including phenoxy) is 1. The molecule has 14 atom stereocenters. The van der Waals surface area contributed by atoms with Crippen molar-refractivity contribution in [1.29, 1.82) is 0 Å². The van der Waals surface area contributed by atoms with Gasteiger partial charge in [-0.1, -0.05) is 109 Å². The smallest absolute Gasteiger partial charge is 0.305 e. The molecule has 0 saturated carbocycles. The lowest BCUT2D eigenvalue weighted by Crippen LogP contribution is -2.80. The lowest BCUT2D eigenvalue weighted by Gasteiger charge is -2.55. The Morgan fingerprint density at radius 1 is 0.589 bits per heavy atom. The zero-order valence-corrected chi connectivity index (χ0v) is 61.4. The molecular formula is C67H119N11O17. The van der Waals surface area contributed by atoms with E-state index < -0.39 is 186 Å². The summed E-state index contributed by atoms with van der Waals surface area (Å²) in [4.78, 5) is 184. The first-order valence-corrected chi connectivity index (χ1v) is 33.3. The molecule has 95 heavy (non-hydrogen) atoms. The molecule has 1 rings (SSSR count). The topological polar surface area (TPSA) is 366 Å². The third kappa shape index (κ3) is 21.6. The lowest BCUT2D eigenvalue weighted by molar-refractivity contribution is -0.306. The molecule has 0 aromatic heterocycles. The second-order valence-corrected chi connectivity index (χ2v) is 28.2. The number of hydrogen-bond acceptors (Lipinski definition) is 17. The number of carbonyl (C=O) groups excluding carboxylic acids is 12. The van der Waals surface area contributed by atoms with Gasteiger partial charge in [-0.05, 0) is 101 Å². The summed E-state index contributed by atoms with van der Waals surface area (Å²) >= 11 is 0. The number of carbonyl (C=O) groups is 12. The van der Waals surface area contributed by atoms with Gasteiger partial charge in [-0.2, -0.15) is 0 Å². The molecule has 28 heteroatoms. The maximum atomic E-state index is 16.4. The van der Waals surface area contributed by atoms with Gasteiger partial charge in [-0.25, -0.2) is 0 Å². The molecule has 8 N–H and O–H groups in total. The van der Waals surface area contributed by atoms with Crippen LogP contribution in [-0.2, 0) is 62.3 Å². The van der Waals surface area contributed by atoms with Gasteiger partial charge in [0.1, 0.15) is 60.5 Å². The second kappa shape index (κ2) is 37.7. The van der Waals surface area contributed by atoms with Crippen LogP contribution < -0.4 is 21.3 Å². The average Bonchev–Trinajstić information content (AvgIpc) is 0.714. The van der Waals surface area contributed by atoms with Crippen LogP contribution in [0.1, 0.15) is 163 Å². The highest BCUT2D eigenvalue weighted by atomic mass is 16.7. The number of amides is 11. The van der Waals surface area contributed by atoms with Gasteiger partial charge in [0, 0.05) is 56.3 Å². The quantitative estimate of drug-likeness (QED) is 0.0512. The molecular weight excluding hydrogens is 1230 g/mol. The van der Waals surface area contributed by atoms with Crippen molar-refractivity contribution in [3.63, 3.8) is 0 Å². The standard InChI is InChI=1S/C67H119N11O17/c1-26-28-29-42(15)55(83)54-59(87)70-46(27-2)61(89)72(19)34-52(82)73(20)47(30-36(3)4)58(86)71-53(40(11)12)64(92)74(21)48(31-37(5)6)57(85)68-43(16)56(84)69-44(17)60(88)75(22)49(32-38(7)8)62(90)76(23)50(33-39(9)10)63(91)78(25)66(41(13)14,65(93)77(54)24)67(94,51(81)35-79)95-45(18)80/h26,28,36-44,46-51,53-55,79,81,83,94H,27,29-35H2,1-25H3,(H,68,85)(H,69,84)(H,70,87)(H,71,86)/b28-26+/t42-,43+,44-,46+,47+,48+,49+,50+,51?,53+,54+,55-,66-,67?/m1/s1. The van der Waals surface area contributed by atoms with Gasteiger partial charge in [0.2, 0.25) is 59.1 Å². The predicted molar refractivity (Wildman–Crippen MR) is 357 cm³/mol. The highest BCUT2D eigenvalue weighted by Gasteiger charge is 2.69. The summed E-state index contributed by atoms with van der Waals surface area (Å²) in [5, 5.41) is 58.8. The van der Waals surface area contributed by atoms with E-state index in [1.807, 2.05) is 27.7 Å². The number of rotatable bonds is 19. The Morgan fingerprint density at radius 3 is 1.47 bits per heavy atom. The molecule has 2 unspecified atom stereocenters.